The number of thiophene rings is 1. The van der Waals surface area contributed by atoms with E-state index in [-0.39, 0.29) is 11.8 Å². The molecule has 1 aliphatic heterocycles. The van der Waals surface area contributed by atoms with Crippen LogP contribution in [0.5, 0.6) is 0 Å². The van der Waals surface area contributed by atoms with Crippen molar-refractivity contribution in [1.82, 2.24) is 10.2 Å². The molecular formula is C10H13BrN2OS. The minimum atomic E-state index is -0.0469. The number of nitrogens with one attached hydrogen (secondary N) is 1. The van der Waals surface area contributed by atoms with Gasteiger partial charge in [-0.05, 0) is 35.1 Å². The second-order valence-electron chi connectivity index (χ2n) is 3.74. The fraction of sp³-hybridized carbons (Fsp3) is 0.500. The lowest BCUT2D eigenvalue weighted by Gasteiger charge is -2.29. The molecule has 1 aromatic heterocycles. The van der Waals surface area contributed by atoms with E-state index in [1.807, 2.05) is 19.2 Å². The molecule has 0 saturated carbocycles. The Kier molecular flexibility index (Phi) is 3.56. The van der Waals surface area contributed by atoms with Gasteiger partial charge in [-0.15, -0.1) is 11.3 Å². The van der Waals surface area contributed by atoms with Gasteiger partial charge in [-0.1, -0.05) is 0 Å². The van der Waals surface area contributed by atoms with E-state index in [2.05, 4.69) is 26.1 Å². The van der Waals surface area contributed by atoms with Crippen LogP contribution >= 0.6 is 27.3 Å². The van der Waals surface area contributed by atoms with Crippen molar-refractivity contribution < 1.29 is 4.79 Å². The summed E-state index contributed by atoms with van der Waals surface area (Å²) in [6.45, 7) is 2.70. The molecule has 1 fully saturated rings. The SMILES string of the molecule is CN1CCNC(C(=O)c2ccc(Br)s2)C1. The number of rotatable bonds is 2. The first kappa shape index (κ1) is 11.3. The van der Waals surface area contributed by atoms with E-state index in [4.69, 9.17) is 0 Å². The van der Waals surface area contributed by atoms with Crippen molar-refractivity contribution in [3.8, 4) is 0 Å². The molecule has 0 bridgehead atoms. The number of ketones is 1. The summed E-state index contributed by atoms with van der Waals surface area (Å²) in [5.74, 6) is 0.206. The fourth-order valence-electron chi connectivity index (χ4n) is 1.69. The van der Waals surface area contributed by atoms with Gasteiger partial charge in [-0.3, -0.25) is 4.79 Å². The summed E-state index contributed by atoms with van der Waals surface area (Å²) in [5.41, 5.74) is 0. The van der Waals surface area contributed by atoms with Gasteiger partial charge >= 0.3 is 0 Å². The number of hydrogen-bond donors (Lipinski definition) is 1. The van der Waals surface area contributed by atoms with Crippen LogP contribution in [0, 0.1) is 0 Å². The molecule has 1 saturated heterocycles. The van der Waals surface area contributed by atoms with Gasteiger partial charge in [-0.25, -0.2) is 0 Å². The Morgan fingerprint density at radius 2 is 2.47 bits per heavy atom. The molecule has 3 nitrogen and oxygen atoms in total. The number of Topliss-reactive ketones (excluding diaryl/α,β-unsaturated/α-hetero) is 1. The summed E-state index contributed by atoms with van der Waals surface area (Å²) in [6, 6.07) is 3.76. The minimum absolute atomic E-state index is 0.0469. The van der Waals surface area contributed by atoms with Crippen molar-refractivity contribution in [2.45, 2.75) is 6.04 Å². The second kappa shape index (κ2) is 4.74. The molecule has 0 aliphatic carbocycles. The zero-order valence-corrected chi connectivity index (χ0v) is 10.9. The predicted octanol–water partition coefficient (Wildman–Crippen LogP) is 1.60. The molecular weight excluding hydrogens is 276 g/mol. The van der Waals surface area contributed by atoms with Crippen LogP contribution in [0.2, 0.25) is 0 Å². The molecule has 0 aromatic carbocycles. The van der Waals surface area contributed by atoms with E-state index in [1.165, 1.54) is 11.3 Å². The van der Waals surface area contributed by atoms with Gasteiger partial charge in [0, 0.05) is 19.6 Å². The quantitative estimate of drug-likeness (QED) is 0.839. The highest BCUT2D eigenvalue weighted by atomic mass is 79.9. The molecule has 0 spiro atoms. The van der Waals surface area contributed by atoms with Gasteiger partial charge in [0.1, 0.15) is 0 Å². The molecule has 82 valence electrons. The number of nitrogens with zero attached hydrogens (tertiary/aromatic N) is 1. The number of hydrogen-bond acceptors (Lipinski definition) is 4. The van der Waals surface area contributed by atoms with E-state index in [0.717, 1.165) is 28.3 Å². The third kappa shape index (κ3) is 2.66. The zero-order valence-electron chi connectivity index (χ0n) is 8.50. The van der Waals surface area contributed by atoms with Gasteiger partial charge in [-0.2, -0.15) is 0 Å². The van der Waals surface area contributed by atoms with Crippen LogP contribution in [-0.2, 0) is 0 Å². The largest absolute Gasteiger partial charge is 0.305 e. The van der Waals surface area contributed by atoms with E-state index >= 15 is 0 Å². The summed E-state index contributed by atoms with van der Waals surface area (Å²) >= 11 is 4.87. The van der Waals surface area contributed by atoms with Crippen LogP contribution in [0.1, 0.15) is 9.67 Å². The first-order chi connectivity index (χ1) is 7.16. The Bertz CT molecular complexity index is 366. The Labute approximate surface area is 102 Å². The van der Waals surface area contributed by atoms with Crippen LogP contribution in [0.4, 0.5) is 0 Å². The minimum Gasteiger partial charge on any atom is -0.305 e. The Balaban J connectivity index is 2.07. The van der Waals surface area contributed by atoms with Crippen molar-refractivity contribution >= 4 is 33.0 Å². The van der Waals surface area contributed by atoms with E-state index in [9.17, 15) is 4.79 Å². The summed E-state index contributed by atoms with van der Waals surface area (Å²) in [4.78, 5) is 15.1. The van der Waals surface area contributed by atoms with Gasteiger partial charge in [0.2, 0.25) is 0 Å². The number of piperazine rings is 1. The molecule has 0 amide bonds. The topological polar surface area (TPSA) is 32.3 Å². The highest BCUT2D eigenvalue weighted by molar-refractivity contribution is 9.11. The van der Waals surface area contributed by atoms with Crippen LogP contribution in [0.15, 0.2) is 15.9 Å². The lowest BCUT2D eigenvalue weighted by atomic mass is 10.1. The average Bonchev–Trinajstić information content (AvgIpc) is 2.64. The van der Waals surface area contributed by atoms with Crippen molar-refractivity contribution in [2.75, 3.05) is 26.7 Å². The van der Waals surface area contributed by atoms with E-state index in [0.29, 0.717) is 0 Å². The van der Waals surface area contributed by atoms with Gasteiger partial charge < -0.3 is 10.2 Å². The third-order valence-corrected chi connectivity index (χ3v) is 4.15. The third-order valence-electron chi connectivity index (χ3n) is 2.51. The highest BCUT2D eigenvalue weighted by Crippen LogP contribution is 2.23. The second-order valence-corrected chi connectivity index (χ2v) is 6.20. The van der Waals surface area contributed by atoms with Gasteiger partial charge in [0.05, 0.1) is 14.7 Å². The number of carbonyl (C=O) groups is 1. The van der Waals surface area contributed by atoms with Gasteiger partial charge in [0.25, 0.3) is 0 Å². The number of halogens is 1. The lowest BCUT2D eigenvalue weighted by Crippen LogP contribution is -2.52. The normalized spacial score (nSPS) is 22.9. The molecule has 1 unspecified atom stereocenters. The lowest BCUT2D eigenvalue weighted by molar-refractivity contribution is 0.0898. The monoisotopic (exact) mass is 288 g/mol. The maximum atomic E-state index is 12.1. The molecule has 2 heterocycles. The standard InChI is InChI=1S/C10H13BrN2OS/c1-13-5-4-12-7(6-13)10(14)8-2-3-9(11)15-8/h2-3,7,12H,4-6H2,1H3. The van der Waals surface area contributed by atoms with E-state index < -0.39 is 0 Å². The molecule has 2 rings (SSSR count). The summed E-state index contributed by atoms with van der Waals surface area (Å²) < 4.78 is 1.01. The number of carbonyl (C=O) groups excluding carboxylic acids is 1. The Morgan fingerprint density at radius 3 is 3.07 bits per heavy atom. The van der Waals surface area contributed by atoms with Crippen molar-refractivity contribution in [2.24, 2.45) is 0 Å². The molecule has 0 radical (unpaired) electrons. The molecule has 1 aliphatic rings. The maximum absolute atomic E-state index is 12.1. The Morgan fingerprint density at radius 1 is 1.67 bits per heavy atom. The maximum Gasteiger partial charge on any atom is 0.190 e. The van der Waals surface area contributed by atoms with Crippen molar-refractivity contribution in [1.29, 1.82) is 0 Å². The van der Waals surface area contributed by atoms with Crippen LogP contribution < -0.4 is 5.32 Å². The Hall–Kier alpha value is -0.230. The van der Waals surface area contributed by atoms with E-state index in [1.54, 1.807) is 0 Å². The molecule has 15 heavy (non-hydrogen) atoms. The van der Waals surface area contributed by atoms with Crippen molar-refractivity contribution in [3.63, 3.8) is 0 Å². The molecule has 1 N–H and O–H groups in total. The smallest absolute Gasteiger partial charge is 0.190 e. The fourth-order valence-corrected chi connectivity index (χ4v) is 3.07. The van der Waals surface area contributed by atoms with Gasteiger partial charge in [0.15, 0.2) is 5.78 Å². The predicted molar refractivity (Wildman–Crippen MR) is 65.6 cm³/mol. The van der Waals surface area contributed by atoms with Crippen molar-refractivity contribution in [3.05, 3.63) is 20.8 Å². The van der Waals surface area contributed by atoms with Crippen LogP contribution in [-0.4, -0.2) is 43.4 Å². The highest BCUT2D eigenvalue weighted by Gasteiger charge is 2.25. The first-order valence-electron chi connectivity index (χ1n) is 4.88. The molecule has 1 atom stereocenters. The van der Waals surface area contributed by atoms with Crippen LogP contribution in [0.25, 0.3) is 0 Å². The zero-order chi connectivity index (χ0) is 10.8. The van der Waals surface area contributed by atoms with Crippen LogP contribution in [0.3, 0.4) is 0 Å². The average molecular weight is 289 g/mol. The first-order valence-corrected chi connectivity index (χ1v) is 6.49. The summed E-state index contributed by atoms with van der Waals surface area (Å²) in [5, 5.41) is 3.26. The number of likely N-dealkylation sites (N-methyl/N-ethyl adjacent to an activating group) is 1. The summed E-state index contributed by atoms with van der Waals surface area (Å²) in [6.07, 6.45) is 0. The molecule has 5 heteroatoms. The molecule has 1 aromatic rings. The summed E-state index contributed by atoms with van der Waals surface area (Å²) in [7, 11) is 2.05.